The van der Waals surface area contributed by atoms with Crippen LogP contribution in [0.5, 0.6) is 0 Å². The molecule has 0 aromatic carbocycles. The largest absolute Gasteiger partial charge is 0.480 e. The van der Waals surface area contributed by atoms with Crippen LogP contribution in [0.2, 0.25) is 0 Å². The van der Waals surface area contributed by atoms with Gasteiger partial charge in [0.15, 0.2) is 0 Å². The van der Waals surface area contributed by atoms with Crippen molar-refractivity contribution in [1.29, 1.82) is 0 Å². The smallest absolute Gasteiger partial charge is 0.328 e. The number of carboxylic acids is 1. The predicted molar refractivity (Wildman–Crippen MR) is 34.4 cm³/mol. The van der Waals surface area contributed by atoms with E-state index in [1.54, 1.807) is 0 Å². The molecule has 0 saturated carbocycles. The number of carboxylic acid groups (broad SMARTS) is 1. The summed E-state index contributed by atoms with van der Waals surface area (Å²) in [5.41, 5.74) is 3.42. The Labute approximate surface area is 58.2 Å². The Morgan fingerprint density at radius 3 is 2.00 bits per heavy atom. The Kier molecular flexibility index (Phi) is 2.23. The van der Waals surface area contributed by atoms with E-state index >= 15 is 0 Å². The molecule has 0 heterocycles. The normalized spacial score (nSPS) is 10.6. The van der Waals surface area contributed by atoms with Gasteiger partial charge in [-0.2, -0.15) is 0 Å². The summed E-state index contributed by atoms with van der Waals surface area (Å²) in [4.78, 5) is 20.5. The van der Waals surface area contributed by atoms with Crippen LogP contribution in [-0.2, 0) is 4.79 Å². The molecule has 58 valence electrons. The average molecular weight is 146 g/mol. The molecule has 0 radical (unpaired) electrons. The van der Waals surface area contributed by atoms with E-state index in [0.717, 1.165) is 0 Å². The minimum atomic E-state index is -1.29. The van der Waals surface area contributed by atoms with Crippen LogP contribution in [0.15, 0.2) is 0 Å². The molecular weight excluding hydrogens is 136 g/mol. The van der Waals surface area contributed by atoms with Gasteiger partial charge < -0.3 is 16.2 Å². The predicted octanol–water partition coefficient (Wildman–Crippen LogP) is -0.482. The highest BCUT2D eigenvalue weighted by molar-refractivity contribution is 5.84. The van der Waals surface area contributed by atoms with Crippen LogP contribution in [0.3, 0.4) is 0 Å². The summed E-state index contributed by atoms with van der Waals surface area (Å²) in [5, 5.41) is 10.5. The maximum absolute atomic E-state index is 10.3. The van der Waals surface area contributed by atoms with Gasteiger partial charge in [0.2, 0.25) is 0 Å². The Hall–Kier alpha value is -1.26. The first-order valence-electron chi connectivity index (χ1n) is 2.67. The van der Waals surface area contributed by atoms with Gasteiger partial charge in [-0.1, -0.05) is 0 Å². The molecule has 4 N–H and O–H groups in total. The van der Waals surface area contributed by atoms with Crippen molar-refractivity contribution in [2.75, 3.05) is 0 Å². The topological polar surface area (TPSA) is 92.4 Å². The molecule has 0 unspecified atom stereocenters. The van der Waals surface area contributed by atoms with E-state index in [2.05, 4.69) is 5.32 Å². The van der Waals surface area contributed by atoms with Crippen LogP contribution < -0.4 is 11.1 Å². The number of nitrogens with one attached hydrogen (secondary N) is 1. The summed E-state index contributed by atoms with van der Waals surface area (Å²) in [7, 11) is 0. The number of primary amides is 1. The molecule has 10 heavy (non-hydrogen) atoms. The highest BCUT2D eigenvalue weighted by Gasteiger charge is 2.27. The zero-order valence-corrected chi connectivity index (χ0v) is 5.84. The monoisotopic (exact) mass is 146 g/mol. The zero-order chi connectivity index (χ0) is 8.36. The summed E-state index contributed by atoms with van der Waals surface area (Å²) < 4.78 is 0. The maximum Gasteiger partial charge on any atom is 0.328 e. The van der Waals surface area contributed by atoms with Gasteiger partial charge in [0.1, 0.15) is 5.54 Å². The molecule has 2 amide bonds. The second-order valence-electron chi connectivity index (χ2n) is 2.42. The Bertz CT molecular complexity index is 164. The van der Waals surface area contributed by atoms with Gasteiger partial charge in [0.05, 0.1) is 0 Å². The fourth-order valence-electron chi connectivity index (χ4n) is 0.361. The molecule has 0 aliphatic heterocycles. The van der Waals surface area contributed by atoms with Gasteiger partial charge in [-0.3, -0.25) is 0 Å². The van der Waals surface area contributed by atoms with Gasteiger partial charge in [-0.05, 0) is 13.8 Å². The molecule has 0 aliphatic rings. The van der Waals surface area contributed by atoms with Crippen molar-refractivity contribution in [2.24, 2.45) is 5.73 Å². The molecule has 0 rings (SSSR count). The van der Waals surface area contributed by atoms with E-state index < -0.39 is 17.5 Å². The van der Waals surface area contributed by atoms with Gasteiger partial charge in [-0.15, -0.1) is 0 Å². The number of carbonyl (C=O) groups is 2. The van der Waals surface area contributed by atoms with E-state index in [1.807, 2.05) is 0 Å². The Morgan fingerprint density at radius 2 is 1.90 bits per heavy atom. The lowest BCUT2D eigenvalue weighted by molar-refractivity contribution is -0.142. The van der Waals surface area contributed by atoms with Crippen LogP contribution >= 0.6 is 0 Å². The minimum Gasteiger partial charge on any atom is -0.480 e. The second-order valence-corrected chi connectivity index (χ2v) is 2.42. The van der Waals surface area contributed by atoms with E-state index in [0.29, 0.717) is 0 Å². The molecule has 0 fully saturated rings. The van der Waals surface area contributed by atoms with E-state index in [1.165, 1.54) is 13.8 Å². The van der Waals surface area contributed by atoms with Crippen molar-refractivity contribution >= 4 is 12.0 Å². The van der Waals surface area contributed by atoms with Gasteiger partial charge in [-0.25, -0.2) is 9.59 Å². The van der Waals surface area contributed by atoms with E-state index in [9.17, 15) is 9.59 Å². The third-order valence-electron chi connectivity index (χ3n) is 0.970. The lowest BCUT2D eigenvalue weighted by atomic mass is 10.1. The lowest BCUT2D eigenvalue weighted by Gasteiger charge is -2.18. The molecule has 0 saturated heterocycles. The van der Waals surface area contributed by atoms with Crippen LogP contribution in [0.25, 0.3) is 0 Å². The number of urea groups is 1. The van der Waals surface area contributed by atoms with Crippen LogP contribution in [0, 0.1) is 0 Å². The standard InChI is InChI=1S/C5H10N2O3/c1-5(2,3(8)9)7-4(6)10/h1-2H3,(H,8,9)(H3,6,7,10). The van der Waals surface area contributed by atoms with Crippen molar-refractivity contribution in [2.45, 2.75) is 19.4 Å². The van der Waals surface area contributed by atoms with Crippen molar-refractivity contribution in [3.63, 3.8) is 0 Å². The van der Waals surface area contributed by atoms with Gasteiger partial charge in [0, 0.05) is 0 Å². The maximum atomic E-state index is 10.3. The quantitative estimate of drug-likeness (QED) is 0.491. The number of hydrogen-bond acceptors (Lipinski definition) is 2. The Balaban J connectivity index is 4.13. The molecule has 0 bridgehead atoms. The molecule has 0 atom stereocenters. The fourth-order valence-corrected chi connectivity index (χ4v) is 0.361. The number of hydrogen-bond donors (Lipinski definition) is 3. The molecule has 0 aromatic rings. The summed E-state index contributed by atoms with van der Waals surface area (Å²) in [6.07, 6.45) is 0. The van der Waals surface area contributed by atoms with Crippen LogP contribution in [-0.4, -0.2) is 22.6 Å². The summed E-state index contributed by atoms with van der Waals surface area (Å²) >= 11 is 0. The van der Waals surface area contributed by atoms with Crippen LogP contribution in [0.4, 0.5) is 4.79 Å². The van der Waals surface area contributed by atoms with E-state index in [-0.39, 0.29) is 0 Å². The van der Waals surface area contributed by atoms with Gasteiger partial charge in [0.25, 0.3) is 0 Å². The lowest BCUT2D eigenvalue weighted by Crippen LogP contribution is -2.51. The third-order valence-corrected chi connectivity index (χ3v) is 0.970. The minimum absolute atomic E-state index is 0.840. The highest BCUT2D eigenvalue weighted by atomic mass is 16.4. The van der Waals surface area contributed by atoms with Crippen molar-refractivity contribution in [3.8, 4) is 0 Å². The molecule has 5 nitrogen and oxygen atoms in total. The molecule has 0 aliphatic carbocycles. The van der Waals surface area contributed by atoms with Crippen molar-refractivity contribution in [1.82, 2.24) is 5.32 Å². The summed E-state index contributed by atoms with van der Waals surface area (Å²) in [6, 6.07) is -0.840. The third kappa shape index (κ3) is 2.34. The fraction of sp³-hybridized carbons (Fsp3) is 0.600. The highest BCUT2D eigenvalue weighted by Crippen LogP contribution is 1.99. The molecular formula is C5H10N2O3. The number of rotatable bonds is 2. The number of nitrogens with two attached hydrogens (primary N) is 1. The number of carbonyl (C=O) groups excluding carboxylic acids is 1. The average Bonchev–Trinajstić information content (AvgIpc) is 1.60. The zero-order valence-electron chi connectivity index (χ0n) is 5.84. The first-order valence-corrected chi connectivity index (χ1v) is 2.67. The number of aliphatic carboxylic acids is 1. The van der Waals surface area contributed by atoms with E-state index in [4.69, 9.17) is 10.8 Å². The van der Waals surface area contributed by atoms with Crippen molar-refractivity contribution < 1.29 is 14.7 Å². The first kappa shape index (κ1) is 8.74. The van der Waals surface area contributed by atoms with Crippen molar-refractivity contribution in [3.05, 3.63) is 0 Å². The molecule has 5 heteroatoms. The Morgan fingerprint density at radius 1 is 1.50 bits per heavy atom. The summed E-state index contributed by atoms with van der Waals surface area (Å²) in [6.45, 7) is 2.69. The van der Waals surface area contributed by atoms with Gasteiger partial charge >= 0.3 is 12.0 Å². The molecule has 0 aromatic heterocycles. The number of amides is 2. The first-order chi connectivity index (χ1) is 4.36. The second kappa shape index (κ2) is 2.55. The van der Waals surface area contributed by atoms with Crippen LogP contribution in [0.1, 0.15) is 13.8 Å². The SMILES string of the molecule is CC(C)(NC(N)=O)C(=O)O. The summed E-state index contributed by atoms with van der Waals surface area (Å²) in [5.74, 6) is -1.12. The molecule has 0 spiro atoms.